The lowest BCUT2D eigenvalue weighted by atomic mass is 10.2. The largest absolute Gasteiger partial charge is 0.692 e. The van der Waals surface area contributed by atoms with Gasteiger partial charge in [0.25, 0.3) is 0 Å². The van der Waals surface area contributed by atoms with Gasteiger partial charge in [0, 0.05) is 19.8 Å². The molecule has 0 fully saturated rings. The topological polar surface area (TPSA) is 68.2 Å². The number of phenols is 1. The number of phenolic OH excluding ortho intramolecular Hbond substituents is 1. The Kier molecular flexibility index (Phi) is 2.71. The predicted octanol–water partition coefficient (Wildman–Crippen LogP) is 1.43. The molecule has 20 heavy (non-hydrogen) atoms. The fraction of sp³-hybridized carbons (Fsp3) is 0.143. The minimum Gasteiger partial charge on any atom is -0.692 e. The fourth-order valence-electron chi connectivity index (χ4n) is 2.06. The number of benzene rings is 2. The van der Waals surface area contributed by atoms with Crippen molar-refractivity contribution in [2.75, 3.05) is 19.0 Å². The van der Waals surface area contributed by atoms with Gasteiger partial charge in [0.15, 0.2) is 5.69 Å². The first-order valence-electron chi connectivity index (χ1n) is 6.16. The van der Waals surface area contributed by atoms with Crippen LogP contribution in [0.5, 0.6) is 5.75 Å². The standard InChI is InChI=1S/C14H14N4O2/c1-16(2)10-7-8-14(19)13(9-10)17-15-11-5-3-4-6-12(11)18(17)20/h3-9,19H,1-2H3. The van der Waals surface area contributed by atoms with Crippen LogP contribution in [0.25, 0.3) is 16.7 Å². The van der Waals surface area contributed by atoms with Crippen LogP contribution >= 0.6 is 0 Å². The zero-order chi connectivity index (χ0) is 14.3. The summed E-state index contributed by atoms with van der Waals surface area (Å²) in [5.41, 5.74) is 2.26. The maximum absolute atomic E-state index is 12.3. The molecule has 3 rings (SSSR count). The summed E-state index contributed by atoms with van der Waals surface area (Å²) in [5, 5.41) is 26.5. The highest BCUT2D eigenvalue weighted by Gasteiger charge is 2.18. The maximum Gasteiger partial charge on any atom is 0.250 e. The molecule has 1 heterocycles. The van der Waals surface area contributed by atoms with Crippen molar-refractivity contribution >= 4 is 16.7 Å². The molecule has 6 nitrogen and oxygen atoms in total. The van der Waals surface area contributed by atoms with Gasteiger partial charge in [-0.3, -0.25) is 0 Å². The molecule has 3 aromatic rings. The van der Waals surface area contributed by atoms with E-state index in [1.54, 1.807) is 36.4 Å². The van der Waals surface area contributed by atoms with Crippen molar-refractivity contribution in [2.24, 2.45) is 0 Å². The first-order chi connectivity index (χ1) is 9.58. The summed E-state index contributed by atoms with van der Waals surface area (Å²) in [6.45, 7) is 0. The van der Waals surface area contributed by atoms with Crippen LogP contribution in [0.1, 0.15) is 0 Å². The molecule has 0 bridgehead atoms. The third kappa shape index (κ3) is 1.82. The Balaban J connectivity index is 2.25. The molecule has 1 aromatic heterocycles. The highest BCUT2D eigenvalue weighted by atomic mass is 16.5. The highest BCUT2D eigenvalue weighted by molar-refractivity contribution is 5.70. The van der Waals surface area contributed by atoms with Crippen LogP contribution in [0.2, 0.25) is 0 Å². The number of para-hydroxylation sites is 1. The van der Waals surface area contributed by atoms with Gasteiger partial charge in [-0.1, -0.05) is 12.1 Å². The lowest BCUT2D eigenvalue weighted by Gasteiger charge is -2.14. The third-order valence-corrected chi connectivity index (χ3v) is 3.15. The van der Waals surface area contributed by atoms with Crippen molar-refractivity contribution in [3.05, 3.63) is 47.7 Å². The molecule has 0 aliphatic rings. The van der Waals surface area contributed by atoms with Gasteiger partial charge in [-0.25, -0.2) is 0 Å². The van der Waals surface area contributed by atoms with Gasteiger partial charge in [-0.05, 0) is 35.1 Å². The van der Waals surface area contributed by atoms with Crippen molar-refractivity contribution in [1.82, 2.24) is 9.90 Å². The Hall–Kier alpha value is -2.76. The van der Waals surface area contributed by atoms with Gasteiger partial charge < -0.3 is 15.2 Å². The summed E-state index contributed by atoms with van der Waals surface area (Å²) in [4.78, 5) is 3.72. The van der Waals surface area contributed by atoms with E-state index in [4.69, 9.17) is 0 Å². The molecule has 102 valence electrons. The van der Waals surface area contributed by atoms with Gasteiger partial charge in [0.05, 0.1) is 5.10 Å². The normalized spacial score (nSPS) is 10.9. The Bertz CT molecular complexity index is 780. The molecule has 0 spiro atoms. The zero-order valence-corrected chi connectivity index (χ0v) is 11.2. The second-order valence-corrected chi connectivity index (χ2v) is 4.72. The van der Waals surface area contributed by atoms with E-state index in [9.17, 15) is 10.3 Å². The van der Waals surface area contributed by atoms with E-state index in [0.717, 1.165) is 10.5 Å². The van der Waals surface area contributed by atoms with Crippen LogP contribution in [0.4, 0.5) is 5.69 Å². The second kappa shape index (κ2) is 4.41. The molecule has 0 saturated carbocycles. The number of aromatic hydroxyl groups is 1. The van der Waals surface area contributed by atoms with Crippen molar-refractivity contribution < 1.29 is 9.95 Å². The number of nitrogens with zero attached hydrogens (tertiary/aromatic N) is 4. The quantitative estimate of drug-likeness (QED) is 0.565. The summed E-state index contributed by atoms with van der Waals surface area (Å²) in [6, 6.07) is 12.1. The molecule has 6 heteroatoms. The van der Waals surface area contributed by atoms with Crippen molar-refractivity contribution in [1.29, 1.82) is 0 Å². The molecule has 0 atom stereocenters. The van der Waals surface area contributed by atoms with Gasteiger partial charge in [0.1, 0.15) is 5.75 Å². The molecule has 0 radical (unpaired) electrons. The number of hydrogen-bond acceptors (Lipinski definition) is 4. The van der Waals surface area contributed by atoms with E-state index in [-0.39, 0.29) is 5.75 Å². The molecule has 2 aromatic carbocycles. The lowest BCUT2D eigenvalue weighted by Crippen LogP contribution is -2.37. The molecule has 1 N–H and O–H groups in total. The first-order valence-corrected chi connectivity index (χ1v) is 6.16. The molecule has 0 aliphatic carbocycles. The Morgan fingerprint density at radius 1 is 1.20 bits per heavy atom. The minimum absolute atomic E-state index is 0.00741. The molecular weight excluding hydrogens is 256 g/mol. The lowest BCUT2D eigenvalue weighted by molar-refractivity contribution is -0.664. The van der Waals surface area contributed by atoms with Gasteiger partial charge in [-0.15, -0.1) is 4.85 Å². The van der Waals surface area contributed by atoms with Crippen LogP contribution in [0.3, 0.4) is 0 Å². The van der Waals surface area contributed by atoms with Gasteiger partial charge in [-0.2, -0.15) is 0 Å². The summed E-state index contributed by atoms with van der Waals surface area (Å²) in [5.74, 6) is 0.00741. The van der Waals surface area contributed by atoms with E-state index in [1.807, 2.05) is 25.1 Å². The summed E-state index contributed by atoms with van der Waals surface area (Å²) >= 11 is 0. The van der Waals surface area contributed by atoms with E-state index < -0.39 is 0 Å². The molecule has 0 aliphatic heterocycles. The van der Waals surface area contributed by atoms with Crippen LogP contribution in [0, 0.1) is 5.21 Å². The Morgan fingerprint density at radius 2 is 1.95 bits per heavy atom. The van der Waals surface area contributed by atoms with Gasteiger partial charge in [0.2, 0.25) is 11.0 Å². The number of hydrogen-bond donors (Lipinski definition) is 1. The van der Waals surface area contributed by atoms with Crippen LogP contribution < -0.4 is 9.75 Å². The Labute approximate surface area is 115 Å². The number of fused-ring (bicyclic) bond motifs is 1. The molecule has 0 unspecified atom stereocenters. The number of anilines is 1. The van der Waals surface area contributed by atoms with E-state index in [2.05, 4.69) is 5.10 Å². The average Bonchev–Trinajstić information content (AvgIpc) is 2.77. The maximum atomic E-state index is 12.3. The fourth-order valence-corrected chi connectivity index (χ4v) is 2.06. The van der Waals surface area contributed by atoms with E-state index in [0.29, 0.717) is 21.6 Å². The third-order valence-electron chi connectivity index (χ3n) is 3.15. The number of rotatable bonds is 2. The molecule has 0 amide bonds. The van der Waals surface area contributed by atoms with Crippen molar-refractivity contribution in [2.45, 2.75) is 0 Å². The van der Waals surface area contributed by atoms with E-state index >= 15 is 0 Å². The minimum atomic E-state index is 0.00741. The van der Waals surface area contributed by atoms with Crippen molar-refractivity contribution in [3.63, 3.8) is 0 Å². The second-order valence-electron chi connectivity index (χ2n) is 4.72. The van der Waals surface area contributed by atoms with Crippen molar-refractivity contribution in [3.8, 4) is 11.4 Å². The highest BCUT2D eigenvalue weighted by Crippen LogP contribution is 2.25. The van der Waals surface area contributed by atoms with Crippen LogP contribution in [0.15, 0.2) is 42.5 Å². The van der Waals surface area contributed by atoms with Crippen LogP contribution in [-0.4, -0.2) is 29.1 Å². The van der Waals surface area contributed by atoms with E-state index in [1.165, 1.54) is 0 Å². The summed E-state index contributed by atoms with van der Waals surface area (Å²) in [7, 11) is 3.78. The monoisotopic (exact) mass is 270 g/mol. The van der Waals surface area contributed by atoms with Crippen LogP contribution in [-0.2, 0) is 0 Å². The summed E-state index contributed by atoms with van der Waals surface area (Å²) in [6.07, 6.45) is 0. The summed E-state index contributed by atoms with van der Waals surface area (Å²) < 4.78 is 0. The molecule has 0 saturated heterocycles. The molecular formula is C14H14N4O2. The van der Waals surface area contributed by atoms with Gasteiger partial charge >= 0.3 is 0 Å². The average molecular weight is 270 g/mol. The number of aromatic nitrogens is 3. The zero-order valence-electron chi connectivity index (χ0n) is 11.2. The predicted molar refractivity (Wildman–Crippen MR) is 76.0 cm³/mol. The SMILES string of the molecule is CN(C)c1ccc(O)c(-n2nc3ccccc3[n+]2[O-])c1. The first kappa shape index (κ1) is 12.3. The smallest absolute Gasteiger partial charge is 0.250 e. The Morgan fingerprint density at radius 3 is 2.65 bits per heavy atom.